The highest BCUT2D eigenvalue weighted by atomic mass is 79.9. The summed E-state index contributed by atoms with van der Waals surface area (Å²) in [5, 5.41) is 5.74. The van der Waals surface area contributed by atoms with E-state index in [4.69, 9.17) is 0 Å². The molecular weight excluding hydrogens is 349 g/mol. The lowest BCUT2D eigenvalue weighted by atomic mass is 10.0. The fraction of sp³-hybridized carbons (Fsp3) is 0.500. The van der Waals surface area contributed by atoms with Gasteiger partial charge < -0.3 is 10.6 Å². The van der Waals surface area contributed by atoms with Gasteiger partial charge in [-0.2, -0.15) is 13.2 Å². The maximum Gasteiger partial charge on any atom is 0.417 e. The maximum atomic E-state index is 12.8. The fourth-order valence-corrected chi connectivity index (χ4v) is 2.81. The van der Waals surface area contributed by atoms with Gasteiger partial charge in [0.1, 0.15) is 0 Å². The fourth-order valence-electron chi connectivity index (χ4n) is 2.34. The molecule has 3 nitrogen and oxygen atoms in total. The summed E-state index contributed by atoms with van der Waals surface area (Å²) in [5.41, 5.74) is -0.625. The standard InChI is InChI=1S/C14H16BrF3N2O/c15-12-3-2-10(7-11(12)14(16,17)18)20-13(21)4-1-9-5-6-19-8-9/h2-3,7,9,19H,1,4-6,8H2,(H,20,21). The quantitative estimate of drug-likeness (QED) is 0.853. The number of anilines is 1. The van der Waals surface area contributed by atoms with Crippen molar-refractivity contribution >= 4 is 27.5 Å². The zero-order valence-corrected chi connectivity index (χ0v) is 12.9. The number of alkyl halides is 3. The lowest BCUT2D eigenvalue weighted by Crippen LogP contribution is -2.15. The van der Waals surface area contributed by atoms with Crippen molar-refractivity contribution < 1.29 is 18.0 Å². The molecule has 1 atom stereocenters. The van der Waals surface area contributed by atoms with E-state index >= 15 is 0 Å². The summed E-state index contributed by atoms with van der Waals surface area (Å²) in [6.45, 7) is 1.87. The minimum Gasteiger partial charge on any atom is -0.326 e. The van der Waals surface area contributed by atoms with Gasteiger partial charge in [-0.25, -0.2) is 0 Å². The molecule has 1 aromatic rings. The van der Waals surface area contributed by atoms with Crippen molar-refractivity contribution in [1.82, 2.24) is 5.32 Å². The Morgan fingerprint density at radius 3 is 2.81 bits per heavy atom. The summed E-state index contributed by atoms with van der Waals surface area (Å²) in [5.74, 6) is 0.226. The first-order valence-electron chi connectivity index (χ1n) is 6.73. The van der Waals surface area contributed by atoms with E-state index in [1.807, 2.05) is 0 Å². The molecule has 1 aliphatic heterocycles. The molecule has 1 heterocycles. The van der Waals surface area contributed by atoms with Crippen molar-refractivity contribution in [2.45, 2.75) is 25.4 Å². The summed E-state index contributed by atoms with van der Waals surface area (Å²) < 4.78 is 38.3. The first-order valence-corrected chi connectivity index (χ1v) is 7.53. The van der Waals surface area contributed by atoms with Gasteiger partial charge in [-0.3, -0.25) is 4.79 Å². The number of rotatable bonds is 4. The van der Waals surface area contributed by atoms with Crippen molar-refractivity contribution in [2.75, 3.05) is 18.4 Å². The predicted octanol–water partition coefficient (Wildman–Crippen LogP) is 3.80. The molecule has 7 heteroatoms. The summed E-state index contributed by atoms with van der Waals surface area (Å²) in [4.78, 5) is 11.8. The van der Waals surface area contributed by atoms with Gasteiger partial charge in [-0.15, -0.1) is 0 Å². The van der Waals surface area contributed by atoms with E-state index in [0.717, 1.165) is 32.0 Å². The Hall–Kier alpha value is -1.08. The highest BCUT2D eigenvalue weighted by Crippen LogP contribution is 2.36. The number of amides is 1. The molecule has 2 N–H and O–H groups in total. The molecule has 0 saturated carbocycles. The Kier molecular flexibility index (Phi) is 5.27. The van der Waals surface area contributed by atoms with E-state index in [9.17, 15) is 18.0 Å². The number of benzene rings is 1. The number of carbonyl (C=O) groups excluding carboxylic acids is 1. The molecule has 1 amide bonds. The molecule has 1 aliphatic rings. The number of nitrogens with one attached hydrogen (secondary N) is 2. The van der Waals surface area contributed by atoms with Crippen LogP contribution in [0.25, 0.3) is 0 Å². The average molecular weight is 365 g/mol. The second kappa shape index (κ2) is 6.79. The number of halogens is 4. The smallest absolute Gasteiger partial charge is 0.326 e. The van der Waals surface area contributed by atoms with Gasteiger partial charge in [-0.1, -0.05) is 15.9 Å². The van der Waals surface area contributed by atoms with Crippen LogP contribution in [0.4, 0.5) is 18.9 Å². The van der Waals surface area contributed by atoms with Crippen LogP contribution in [0.3, 0.4) is 0 Å². The molecular formula is C14H16BrF3N2O. The normalized spacial score (nSPS) is 18.8. The average Bonchev–Trinajstić information content (AvgIpc) is 2.90. The molecule has 0 bridgehead atoms. The summed E-state index contributed by atoms with van der Waals surface area (Å²) in [6, 6.07) is 3.69. The SMILES string of the molecule is O=C(CCC1CCNC1)Nc1ccc(Br)c(C(F)(F)F)c1. The molecule has 1 unspecified atom stereocenters. The van der Waals surface area contributed by atoms with Crippen molar-refractivity contribution in [2.24, 2.45) is 5.92 Å². The topological polar surface area (TPSA) is 41.1 Å². The van der Waals surface area contributed by atoms with Crippen LogP contribution in [0.2, 0.25) is 0 Å². The van der Waals surface area contributed by atoms with Crippen molar-refractivity contribution in [3.8, 4) is 0 Å². The molecule has 0 aliphatic carbocycles. The van der Waals surface area contributed by atoms with Crippen LogP contribution in [-0.2, 0) is 11.0 Å². The molecule has 1 saturated heterocycles. The van der Waals surface area contributed by atoms with E-state index in [0.29, 0.717) is 12.3 Å². The van der Waals surface area contributed by atoms with Gasteiger partial charge in [0.05, 0.1) is 5.56 Å². The Balaban J connectivity index is 1.94. The van der Waals surface area contributed by atoms with Crippen LogP contribution in [0, 0.1) is 5.92 Å². The van der Waals surface area contributed by atoms with Gasteiger partial charge in [0, 0.05) is 16.6 Å². The van der Waals surface area contributed by atoms with Crippen molar-refractivity contribution in [1.29, 1.82) is 0 Å². The second-order valence-electron chi connectivity index (χ2n) is 5.14. The molecule has 0 aromatic heterocycles. The lowest BCUT2D eigenvalue weighted by Gasteiger charge is -2.12. The number of carbonyl (C=O) groups is 1. The summed E-state index contributed by atoms with van der Waals surface area (Å²) in [6.07, 6.45) is -2.33. The Bertz CT molecular complexity index is 513. The van der Waals surface area contributed by atoms with Crippen LogP contribution in [0.5, 0.6) is 0 Å². The van der Waals surface area contributed by atoms with Crippen molar-refractivity contribution in [3.63, 3.8) is 0 Å². The van der Waals surface area contributed by atoms with Crippen LogP contribution in [-0.4, -0.2) is 19.0 Å². The Morgan fingerprint density at radius 1 is 1.43 bits per heavy atom. The first-order chi connectivity index (χ1) is 9.86. The zero-order valence-electron chi connectivity index (χ0n) is 11.3. The van der Waals surface area contributed by atoms with Crippen LogP contribution in [0.1, 0.15) is 24.8 Å². The number of hydrogen-bond donors (Lipinski definition) is 2. The van der Waals surface area contributed by atoms with Gasteiger partial charge in [0.25, 0.3) is 0 Å². The monoisotopic (exact) mass is 364 g/mol. The first kappa shape index (κ1) is 16.3. The van der Waals surface area contributed by atoms with Crippen LogP contribution in [0.15, 0.2) is 22.7 Å². The van der Waals surface area contributed by atoms with Gasteiger partial charge in [-0.05, 0) is 50.0 Å². The predicted molar refractivity (Wildman–Crippen MR) is 78.0 cm³/mol. The third-order valence-electron chi connectivity index (χ3n) is 3.50. The summed E-state index contributed by atoms with van der Waals surface area (Å²) in [7, 11) is 0. The zero-order chi connectivity index (χ0) is 15.5. The maximum absolute atomic E-state index is 12.8. The third kappa shape index (κ3) is 4.71. The summed E-state index contributed by atoms with van der Waals surface area (Å²) >= 11 is 2.87. The minimum atomic E-state index is -4.45. The molecule has 0 radical (unpaired) electrons. The lowest BCUT2D eigenvalue weighted by molar-refractivity contribution is -0.138. The Morgan fingerprint density at radius 2 is 2.19 bits per heavy atom. The van der Waals surface area contributed by atoms with Gasteiger partial charge in [0.15, 0.2) is 0 Å². The molecule has 116 valence electrons. The van der Waals surface area contributed by atoms with Gasteiger partial charge >= 0.3 is 6.18 Å². The molecule has 1 aromatic carbocycles. The minimum absolute atomic E-state index is 0.0370. The van der Waals surface area contributed by atoms with E-state index in [1.54, 1.807) is 0 Å². The van der Waals surface area contributed by atoms with Crippen LogP contribution < -0.4 is 10.6 Å². The van der Waals surface area contributed by atoms with E-state index in [2.05, 4.69) is 26.6 Å². The molecule has 2 rings (SSSR count). The molecule has 1 fully saturated rings. The number of hydrogen-bond acceptors (Lipinski definition) is 2. The second-order valence-corrected chi connectivity index (χ2v) is 5.99. The van der Waals surface area contributed by atoms with Crippen molar-refractivity contribution in [3.05, 3.63) is 28.2 Å². The molecule has 0 spiro atoms. The highest BCUT2D eigenvalue weighted by Gasteiger charge is 2.33. The van der Waals surface area contributed by atoms with E-state index in [-0.39, 0.29) is 16.1 Å². The van der Waals surface area contributed by atoms with Gasteiger partial charge in [0.2, 0.25) is 5.91 Å². The highest BCUT2D eigenvalue weighted by molar-refractivity contribution is 9.10. The molecule has 21 heavy (non-hydrogen) atoms. The third-order valence-corrected chi connectivity index (χ3v) is 4.19. The van der Waals surface area contributed by atoms with E-state index < -0.39 is 11.7 Å². The Labute approximate surface area is 129 Å². The van der Waals surface area contributed by atoms with Crippen LogP contribution >= 0.6 is 15.9 Å². The van der Waals surface area contributed by atoms with E-state index in [1.165, 1.54) is 12.1 Å². The largest absolute Gasteiger partial charge is 0.417 e.